The number of fused-ring (bicyclic) bond motifs is 2. The van der Waals surface area contributed by atoms with Crippen molar-refractivity contribution in [2.45, 2.75) is 37.8 Å². The first-order valence-electron chi connectivity index (χ1n) is 6.82. The first kappa shape index (κ1) is 14.7. The highest BCUT2D eigenvalue weighted by Gasteiger charge is 2.49. The second kappa shape index (κ2) is 6.13. The SMILES string of the molecule is CSCCC(NC(=O)C1C2CCC(C2)C1N)C(=O)O. The summed E-state index contributed by atoms with van der Waals surface area (Å²) < 4.78 is 0. The Morgan fingerprint density at radius 2 is 2.11 bits per heavy atom. The summed E-state index contributed by atoms with van der Waals surface area (Å²) in [5.41, 5.74) is 6.10. The molecule has 0 aliphatic heterocycles. The standard InChI is InChI=1S/C13H22N2O3S/c1-19-5-4-9(13(17)18)15-12(16)10-7-2-3-8(6-7)11(10)14/h7-11H,2-6,14H2,1H3,(H,15,16)(H,17,18). The largest absolute Gasteiger partial charge is 0.480 e. The van der Waals surface area contributed by atoms with Crippen molar-refractivity contribution in [1.82, 2.24) is 5.32 Å². The van der Waals surface area contributed by atoms with Gasteiger partial charge in [0, 0.05) is 6.04 Å². The highest BCUT2D eigenvalue weighted by atomic mass is 32.2. The molecule has 108 valence electrons. The minimum atomic E-state index is -0.959. The van der Waals surface area contributed by atoms with Crippen molar-refractivity contribution in [1.29, 1.82) is 0 Å². The third-order valence-corrected chi connectivity index (χ3v) is 5.15. The maximum absolute atomic E-state index is 12.3. The van der Waals surface area contributed by atoms with Gasteiger partial charge in [-0.25, -0.2) is 4.79 Å². The number of carbonyl (C=O) groups is 2. The Bertz CT molecular complexity index is 362. The molecule has 0 aromatic heterocycles. The second-order valence-electron chi connectivity index (χ2n) is 5.62. The van der Waals surface area contributed by atoms with Crippen molar-refractivity contribution in [2.24, 2.45) is 23.5 Å². The van der Waals surface area contributed by atoms with Gasteiger partial charge in [0.2, 0.25) is 5.91 Å². The predicted molar refractivity (Wildman–Crippen MR) is 74.9 cm³/mol. The van der Waals surface area contributed by atoms with Gasteiger partial charge in [0.05, 0.1) is 5.92 Å². The maximum atomic E-state index is 12.3. The van der Waals surface area contributed by atoms with Crippen LogP contribution >= 0.6 is 11.8 Å². The zero-order valence-electron chi connectivity index (χ0n) is 11.2. The zero-order chi connectivity index (χ0) is 14.0. The third kappa shape index (κ3) is 3.05. The second-order valence-corrected chi connectivity index (χ2v) is 6.60. The van der Waals surface area contributed by atoms with Gasteiger partial charge in [-0.05, 0) is 49.5 Å². The van der Waals surface area contributed by atoms with Crippen LogP contribution in [0, 0.1) is 17.8 Å². The normalized spacial score (nSPS) is 34.2. The van der Waals surface area contributed by atoms with Gasteiger partial charge in [-0.2, -0.15) is 11.8 Å². The lowest BCUT2D eigenvalue weighted by Gasteiger charge is -2.28. The molecular weight excluding hydrogens is 264 g/mol. The van der Waals surface area contributed by atoms with Gasteiger partial charge in [0.15, 0.2) is 0 Å². The van der Waals surface area contributed by atoms with E-state index in [1.807, 2.05) is 6.26 Å². The quantitative estimate of drug-likeness (QED) is 0.668. The molecule has 2 aliphatic carbocycles. The molecule has 5 unspecified atom stereocenters. The van der Waals surface area contributed by atoms with Crippen LogP contribution in [0.5, 0.6) is 0 Å². The molecule has 5 nitrogen and oxygen atoms in total. The highest BCUT2D eigenvalue weighted by molar-refractivity contribution is 7.98. The average Bonchev–Trinajstić information content (AvgIpc) is 2.94. The monoisotopic (exact) mass is 286 g/mol. The molecule has 4 N–H and O–H groups in total. The van der Waals surface area contributed by atoms with E-state index in [4.69, 9.17) is 10.8 Å². The average molecular weight is 286 g/mol. The number of hydrogen-bond donors (Lipinski definition) is 3. The summed E-state index contributed by atoms with van der Waals surface area (Å²) >= 11 is 1.58. The molecule has 0 aromatic rings. The van der Waals surface area contributed by atoms with Crippen molar-refractivity contribution in [3.05, 3.63) is 0 Å². The molecule has 19 heavy (non-hydrogen) atoms. The number of amides is 1. The molecule has 2 rings (SSSR count). The van der Waals surface area contributed by atoms with E-state index in [2.05, 4.69) is 5.32 Å². The van der Waals surface area contributed by atoms with Gasteiger partial charge in [0.1, 0.15) is 6.04 Å². The number of rotatable bonds is 6. The van der Waals surface area contributed by atoms with Gasteiger partial charge in [-0.1, -0.05) is 0 Å². The van der Waals surface area contributed by atoms with Crippen molar-refractivity contribution in [2.75, 3.05) is 12.0 Å². The predicted octanol–water partition coefficient (Wildman–Crippen LogP) is 0.682. The van der Waals surface area contributed by atoms with E-state index in [0.717, 1.165) is 25.0 Å². The molecule has 0 aromatic carbocycles. The molecule has 2 fully saturated rings. The topological polar surface area (TPSA) is 92.4 Å². The molecular formula is C13H22N2O3S. The Balaban J connectivity index is 1.94. The van der Waals surface area contributed by atoms with Crippen LogP contribution in [0.15, 0.2) is 0 Å². The molecule has 1 amide bonds. The van der Waals surface area contributed by atoms with E-state index in [-0.39, 0.29) is 17.9 Å². The first-order chi connectivity index (χ1) is 9.04. The number of hydrogen-bond acceptors (Lipinski definition) is 4. The number of nitrogens with one attached hydrogen (secondary N) is 1. The lowest BCUT2D eigenvalue weighted by molar-refractivity contribution is -0.143. The molecule has 6 heteroatoms. The van der Waals surface area contributed by atoms with Crippen LogP contribution in [-0.4, -0.2) is 41.1 Å². The van der Waals surface area contributed by atoms with E-state index < -0.39 is 12.0 Å². The van der Waals surface area contributed by atoms with Gasteiger partial charge in [-0.3, -0.25) is 4.79 Å². The highest BCUT2D eigenvalue weighted by Crippen LogP contribution is 2.47. The maximum Gasteiger partial charge on any atom is 0.326 e. The first-order valence-corrected chi connectivity index (χ1v) is 8.21. The fraction of sp³-hybridized carbons (Fsp3) is 0.846. The van der Waals surface area contributed by atoms with Crippen molar-refractivity contribution in [3.8, 4) is 0 Å². The summed E-state index contributed by atoms with van der Waals surface area (Å²) in [6, 6.07) is -0.875. The van der Waals surface area contributed by atoms with Crippen LogP contribution in [-0.2, 0) is 9.59 Å². The Morgan fingerprint density at radius 3 is 2.63 bits per heavy atom. The van der Waals surface area contributed by atoms with E-state index in [0.29, 0.717) is 18.3 Å². The Hall–Kier alpha value is -0.750. The summed E-state index contributed by atoms with van der Waals surface area (Å²) in [5, 5.41) is 11.8. The van der Waals surface area contributed by atoms with Gasteiger partial charge in [-0.15, -0.1) is 0 Å². The van der Waals surface area contributed by atoms with Crippen LogP contribution in [0.2, 0.25) is 0 Å². The lowest BCUT2D eigenvalue weighted by atomic mass is 9.84. The number of nitrogens with two attached hydrogens (primary N) is 1. The minimum absolute atomic E-state index is 0.0891. The number of carboxylic acids is 1. The summed E-state index contributed by atoms with van der Waals surface area (Å²) in [6.07, 6.45) is 5.58. The van der Waals surface area contributed by atoms with E-state index in [1.165, 1.54) is 0 Å². The molecule has 0 spiro atoms. The number of carbonyl (C=O) groups excluding carboxylic acids is 1. The number of carboxylic acid groups (broad SMARTS) is 1. The summed E-state index contributed by atoms with van der Waals surface area (Å²) in [7, 11) is 0. The van der Waals surface area contributed by atoms with Gasteiger partial charge >= 0.3 is 5.97 Å². The molecule has 5 atom stereocenters. The molecule has 0 heterocycles. The minimum Gasteiger partial charge on any atom is -0.480 e. The molecule has 2 saturated carbocycles. The third-order valence-electron chi connectivity index (χ3n) is 4.51. The lowest BCUT2D eigenvalue weighted by Crippen LogP contribution is -2.50. The molecule has 2 bridgehead atoms. The van der Waals surface area contributed by atoms with E-state index in [1.54, 1.807) is 11.8 Å². The number of thioether (sulfide) groups is 1. The Kier molecular flexibility index (Phi) is 4.73. The van der Waals surface area contributed by atoms with Crippen LogP contribution in [0.25, 0.3) is 0 Å². The fourth-order valence-corrected chi connectivity index (χ4v) is 3.96. The van der Waals surface area contributed by atoms with Crippen molar-refractivity contribution < 1.29 is 14.7 Å². The van der Waals surface area contributed by atoms with Gasteiger partial charge in [0.25, 0.3) is 0 Å². The molecule has 0 saturated heterocycles. The van der Waals surface area contributed by atoms with Crippen LogP contribution in [0.1, 0.15) is 25.7 Å². The van der Waals surface area contributed by atoms with Crippen LogP contribution < -0.4 is 11.1 Å². The van der Waals surface area contributed by atoms with E-state index >= 15 is 0 Å². The molecule has 2 aliphatic rings. The molecule has 0 radical (unpaired) electrons. The van der Waals surface area contributed by atoms with Crippen molar-refractivity contribution >= 4 is 23.6 Å². The summed E-state index contributed by atoms with van der Waals surface area (Å²) in [5.74, 6) is 0.229. The van der Waals surface area contributed by atoms with Crippen LogP contribution in [0.3, 0.4) is 0 Å². The zero-order valence-corrected chi connectivity index (χ0v) is 12.0. The smallest absolute Gasteiger partial charge is 0.326 e. The summed E-state index contributed by atoms with van der Waals surface area (Å²) in [6.45, 7) is 0. The Morgan fingerprint density at radius 1 is 1.42 bits per heavy atom. The van der Waals surface area contributed by atoms with Crippen LogP contribution in [0.4, 0.5) is 0 Å². The van der Waals surface area contributed by atoms with E-state index in [9.17, 15) is 9.59 Å². The fourth-order valence-electron chi connectivity index (χ4n) is 3.49. The Labute approximate surface area is 117 Å². The number of aliphatic carboxylic acids is 1. The van der Waals surface area contributed by atoms with Gasteiger partial charge < -0.3 is 16.2 Å². The summed E-state index contributed by atoms with van der Waals surface area (Å²) in [4.78, 5) is 23.4. The van der Waals surface area contributed by atoms with Crippen molar-refractivity contribution in [3.63, 3.8) is 0 Å².